The number of aryl methyl sites for hydroxylation is 1. The van der Waals surface area contributed by atoms with Crippen LogP contribution in [0, 0.1) is 5.82 Å². The summed E-state index contributed by atoms with van der Waals surface area (Å²) >= 11 is 0. The van der Waals surface area contributed by atoms with Gasteiger partial charge in [-0.3, -0.25) is 0 Å². The third kappa shape index (κ3) is 3.91. The third-order valence-corrected chi connectivity index (χ3v) is 2.82. The molecule has 0 bridgehead atoms. The number of ether oxygens (including phenoxy) is 1. The first-order valence-corrected chi connectivity index (χ1v) is 6.61. The molecule has 0 spiro atoms. The Morgan fingerprint density at radius 3 is 2.60 bits per heavy atom. The number of hydrogen-bond donors (Lipinski definition) is 1. The molecule has 1 aromatic carbocycles. The topological polar surface area (TPSA) is 47.0 Å². The van der Waals surface area contributed by atoms with E-state index in [9.17, 15) is 4.39 Å². The van der Waals surface area contributed by atoms with Crippen molar-refractivity contribution in [3.05, 3.63) is 47.5 Å². The highest BCUT2D eigenvalue weighted by Gasteiger charge is 2.04. The van der Waals surface area contributed by atoms with Crippen LogP contribution in [0.2, 0.25) is 0 Å². The first-order chi connectivity index (χ1) is 9.71. The number of hydrogen-bond acceptors (Lipinski definition) is 4. The van der Waals surface area contributed by atoms with Crippen molar-refractivity contribution in [1.29, 1.82) is 0 Å². The number of rotatable bonds is 6. The fourth-order valence-electron chi connectivity index (χ4n) is 1.80. The SMILES string of the molecule is CCCc1nc(NCc2ccc(F)cc2)cc(OC)n1. The van der Waals surface area contributed by atoms with Crippen molar-refractivity contribution < 1.29 is 9.13 Å². The Labute approximate surface area is 118 Å². The normalized spacial score (nSPS) is 10.3. The van der Waals surface area contributed by atoms with Crippen LogP contribution >= 0.6 is 0 Å². The Bertz CT molecular complexity index is 558. The molecular weight excluding hydrogens is 257 g/mol. The second kappa shape index (κ2) is 6.84. The number of anilines is 1. The lowest BCUT2D eigenvalue weighted by Crippen LogP contribution is -2.05. The largest absolute Gasteiger partial charge is 0.481 e. The number of methoxy groups -OCH3 is 1. The zero-order valence-corrected chi connectivity index (χ0v) is 11.7. The molecule has 0 aliphatic carbocycles. The Morgan fingerprint density at radius 1 is 1.20 bits per heavy atom. The average Bonchev–Trinajstić information content (AvgIpc) is 2.47. The maximum absolute atomic E-state index is 12.8. The van der Waals surface area contributed by atoms with Crippen molar-refractivity contribution in [1.82, 2.24) is 9.97 Å². The summed E-state index contributed by atoms with van der Waals surface area (Å²) < 4.78 is 18.0. The molecule has 0 amide bonds. The summed E-state index contributed by atoms with van der Waals surface area (Å²) in [7, 11) is 1.59. The van der Waals surface area contributed by atoms with Crippen molar-refractivity contribution in [2.24, 2.45) is 0 Å². The van der Waals surface area contributed by atoms with E-state index in [-0.39, 0.29) is 5.82 Å². The van der Waals surface area contributed by atoms with Crippen molar-refractivity contribution in [3.63, 3.8) is 0 Å². The minimum absolute atomic E-state index is 0.234. The van der Waals surface area contributed by atoms with E-state index in [1.54, 1.807) is 25.3 Å². The minimum Gasteiger partial charge on any atom is -0.481 e. The van der Waals surface area contributed by atoms with Crippen molar-refractivity contribution >= 4 is 5.82 Å². The summed E-state index contributed by atoms with van der Waals surface area (Å²) in [5, 5.41) is 3.20. The van der Waals surface area contributed by atoms with Gasteiger partial charge >= 0.3 is 0 Å². The first-order valence-electron chi connectivity index (χ1n) is 6.61. The fraction of sp³-hybridized carbons (Fsp3) is 0.333. The van der Waals surface area contributed by atoms with Gasteiger partial charge in [0.05, 0.1) is 7.11 Å². The molecular formula is C15H18FN3O. The minimum atomic E-state index is -0.234. The highest BCUT2D eigenvalue weighted by molar-refractivity contribution is 5.39. The Kier molecular flexibility index (Phi) is 4.87. The third-order valence-electron chi connectivity index (χ3n) is 2.82. The lowest BCUT2D eigenvalue weighted by atomic mass is 10.2. The summed E-state index contributed by atoms with van der Waals surface area (Å²) in [6, 6.07) is 8.13. The van der Waals surface area contributed by atoms with Gasteiger partial charge < -0.3 is 10.1 Å². The number of nitrogens with one attached hydrogen (secondary N) is 1. The second-order valence-electron chi connectivity index (χ2n) is 4.44. The Morgan fingerprint density at radius 2 is 1.95 bits per heavy atom. The fourth-order valence-corrected chi connectivity index (χ4v) is 1.80. The van der Waals surface area contributed by atoms with E-state index in [0.717, 1.165) is 24.2 Å². The van der Waals surface area contributed by atoms with Gasteiger partial charge in [0.2, 0.25) is 5.88 Å². The molecule has 0 unspecified atom stereocenters. The molecule has 1 aromatic heterocycles. The van der Waals surface area contributed by atoms with Crippen LogP contribution in [0.5, 0.6) is 5.88 Å². The van der Waals surface area contributed by atoms with Crippen LogP contribution in [0.1, 0.15) is 24.7 Å². The molecule has 1 N–H and O–H groups in total. The van der Waals surface area contributed by atoms with Crippen molar-refractivity contribution in [2.45, 2.75) is 26.3 Å². The molecule has 0 atom stereocenters. The molecule has 5 heteroatoms. The van der Waals surface area contributed by atoms with E-state index in [2.05, 4.69) is 22.2 Å². The first kappa shape index (κ1) is 14.2. The van der Waals surface area contributed by atoms with Gasteiger partial charge in [-0.25, -0.2) is 9.37 Å². The van der Waals surface area contributed by atoms with Crippen LogP contribution in [0.3, 0.4) is 0 Å². The maximum atomic E-state index is 12.8. The van der Waals surface area contributed by atoms with Gasteiger partial charge in [-0.2, -0.15) is 4.98 Å². The number of benzene rings is 1. The van der Waals surface area contributed by atoms with Crippen molar-refractivity contribution in [3.8, 4) is 5.88 Å². The zero-order chi connectivity index (χ0) is 14.4. The molecule has 20 heavy (non-hydrogen) atoms. The molecule has 0 saturated heterocycles. The Balaban J connectivity index is 2.07. The summed E-state index contributed by atoms with van der Waals surface area (Å²) in [4.78, 5) is 8.71. The van der Waals surface area contributed by atoms with Gasteiger partial charge in [-0.1, -0.05) is 19.1 Å². The standard InChI is InChI=1S/C15H18FN3O/c1-3-4-13-18-14(9-15(19-13)20-2)17-10-11-5-7-12(16)8-6-11/h5-9H,3-4,10H2,1-2H3,(H,17,18,19). The van der Waals surface area contributed by atoms with E-state index < -0.39 is 0 Å². The molecule has 2 aromatic rings. The smallest absolute Gasteiger partial charge is 0.218 e. The predicted molar refractivity (Wildman–Crippen MR) is 76.3 cm³/mol. The molecule has 0 radical (unpaired) electrons. The van der Waals surface area contributed by atoms with E-state index in [1.807, 2.05) is 0 Å². The van der Waals surface area contributed by atoms with Gasteiger partial charge in [0.25, 0.3) is 0 Å². The molecule has 1 heterocycles. The number of aromatic nitrogens is 2. The molecule has 0 saturated carbocycles. The molecule has 0 fully saturated rings. The van der Waals surface area contributed by atoms with Gasteiger partial charge in [0.1, 0.15) is 17.5 Å². The summed E-state index contributed by atoms with van der Waals surface area (Å²) in [5.41, 5.74) is 0.987. The van der Waals surface area contributed by atoms with Gasteiger partial charge in [0, 0.05) is 19.0 Å². The molecule has 106 valence electrons. The van der Waals surface area contributed by atoms with Crippen LogP contribution in [0.4, 0.5) is 10.2 Å². The molecule has 2 rings (SSSR count). The van der Waals surface area contributed by atoms with Crippen LogP contribution < -0.4 is 10.1 Å². The monoisotopic (exact) mass is 275 g/mol. The van der Waals surface area contributed by atoms with Crippen LogP contribution in [0.25, 0.3) is 0 Å². The molecule has 0 aliphatic rings. The number of halogens is 1. The quantitative estimate of drug-likeness (QED) is 0.879. The van der Waals surface area contributed by atoms with Gasteiger partial charge in [-0.05, 0) is 24.1 Å². The highest BCUT2D eigenvalue weighted by Crippen LogP contribution is 2.15. The van der Waals surface area contributed by atoms with Gasteiger partial charge in [-0.15, -0.1) is 0 Å². The van der Waals surface area contributed by atoms with E-state index in [0.29, 0.717) is 18.2 Å². The lowest BCUT2D eigenvalue weighted by Gasteiger charge is -2.09. The van der Waals surface area contributed by atoms with Crippen LogP contribution in [0.15, 0.2) is 30.3 Å². The van der Waals surface area contributed by atoms with Crippen LogP contribution in [-0.4, -0.2) is 17.1 Å². The Hall–Kier alpha value is -2.17. The number of nitrogens with zero attached hydrogens (tertiary/aromatic N) is 2. The van der Waals surface area contributed by atoms with E-state index in [4.69, 9.17) is 4.74 Å². The maximum Gasteiger partial charge on any atom is 0.218 e. The van der Waals surface area contributed by atoms with Crippen LogP contribution in [-0.2, 0) is 13.0 Å². The highest BCUT2D eigenvalue weighted by atomic mass is 19.1. The lowest BCUT2D eigenvalue weighted by molar-refractivity contribution is 0.395. The average molecular weight is 275 g/mol. The zero-order valence-electron chi connectivity index (χ0n) is 11.7. The van der Waals surface area contributed by atoms with E-state index in [1.165, 1.54) is 12.1 Å². The predicted octanol–water partition coefficient (Wildman–Crippen LogP) is 3.19. The summed E-state index contributed by atoms with van der Waals surface area (Å²) in [6.07, 6.45) is 1.78. The van der Waals surface area contributed by atoms with E-state index >= 15 is 0 Å². The molecule has 4 nitrogen and oxygen atoms in total. The summed E-state index contributed by atoms with van der Waals surface area (Å²) in [6.45, 7) is 2.65. The molecule has 0 aliphatic heterocycles. The van der Waals surface area contributed by atoms with Gasteiger partial charge in [0.15, 0.2) is 0 Å². The summed E-state index contributed by atoms with van der Waals surface area (Å²) in [5.74, 6) is 1.78. The second-order valence-corrected chi connectivity index (χ2v) is 4.44. The van der Waals surface area contributed by atoms with Crippen molar-refractivity contribution in [2.75, 3.05) is 12.4 Å².